The van der Waals surface area contributed by atoms with Crippen molar-refractivity contribution >= 4 is 72.4 Å². The SMILES string of the molecule is c1ccc(-c2ccc(-c3ccc(-n4c5ccccc5c5cccc(-n6c7ccccc7c7ccc([Si](c8ccccc8)(c8ccccc8)c8ccccc8)cc76)c54)cc3)cc2)cc1. The Morgan fingerprint density at radius 1 is 0.254 bits per heavy atom. The summed E-state index contributed by atoms with van der Waals surface area (Å²) in [7, 11) is -2.81. The second kappa shape index (κ2) is 15.2. The molecule has 0 amide bonds. The smallest absolute Gasteiger partial charge is 0.179 e. The van der Waals surface area contributed by atoms with Crippen LogP contribution in [0.2, 0.25) is 0 Å². The number of nitrogens with zero attached hydrogens (tertiary/aromatic N) is 2. The Kier molecular flexibility index (Phi) is 8.87. The van der Waals surface area contributed by atoms with Gasteiger partial charge in [0.25, 0.3) is 0 Å². The van der Waals surface area contributed by atoms with E-state index in [1.54, 1.807) is 0 Å². The van der Waals surface area contributed by atoms with Gasteiger partial charge in [0.2, 0.25) is 0 Å². The fourth-order valence-corrected chi connectivity index (χ4v) is 15.0. The van der Waals surface area contributed by atoms with E-state index >= 15 is 0 Å². The Morgan fingerprint density at radius 3 is 1.22 bits per heavy atom. The Morgan fingerprint density at radius 2 is 0.667 bits per heavy atom. The first kappa shape index (κ1) is 36.8. The van der Waals surface area contributed by atoms with Gasteiger partial charge in [0, 0.05) is 27.2 Å². The van der Waals surface area contributed by atoms with Crippen LogP contribution in [0.4, 0.5) is 0 Å². The predicted octanol–water partition coefficient (Wildman–Crippen LogP) is 12.6. The fourth-order valence-electron chi connectivity index (χ4n) is 10.3. The van der Waals surface area contributed by atoms with Gasteiger partial charge in [-0.3, -0.25) is 0 Å². The summed E-state index contributed by atoms with van der Waals surface area (Å²) in [5, 5.41) is 10.4. The van der Waals surface area contributed by atoms with E-state index in [0.29, 0.717) is 0 Å². The summed E-state index contributed by atoms with van der Waals surface area (Å²) in [6.45, 7) is 0. The third-order valence-corrected chi connectivity index (χ3v) is 17.9. The zero-order chi connectivity index (χ0) is 41.7. The van der Waals surface area contributed by atoms with Crippen LogP contribution in [0.15, 0.2) is 255 Å². The van der Waals surface area contributed by atoms with E-state index in [1.165, 1.54) is 86.6 Å². The molecule has 12 aromatic rings. The number of fused-ring (bicyclic) bond motifs is 6. The Labute approximate surface area is 368 Å². The summed E-state index contributed by atoms with van der Waals surface area (Å²) in [5.74, 6) is 0. The number of rotatable bonds is 8. The molecule has 0 saturated carbocycles. The van der Waals surface area contributed by atoms with Crippen molar-refractivity contribution in [2.45, 2.75) is 0 Å². The molecule has 2 heterocycles. The van der Waals surface area contributed by atoms with E-state index in [1.807, 2.05) is 0 Å². The van der Waals surface area contributed by atoms with Crippen molar-refractivity contribution in [3.05, 3.63) is 255 Å². The van der Waals surface area contributed by atoms with Crippen LogP contribution in [0.1, 0.15) is 0 Å². The van der Waals surface area contributed by atoms with Gasteiger partial charge < -0.3 is 9.13 Å². The summed E-state index contributed by atoms with van der Waals surface area (Å²) >= 11 is 0. The van der Waals surface area contributed by atoms with Gasteiger partial charge in [0.1, 0.15) is 0 Å². The molecule has 10 aromatic carbocycles. The van der Waals surface area contributed by atoms with Crippen molar-refractivity contribution in [3.63, 3.8) is 0 Å². The lowest BCUT2D eigenvalue weighted by molar-refractivity contribution is 1.13. The van der Waals surface area contributed by atoms with Gasteiger partial charge in [-0.15, -0.1) is 0 Å². The number of aromatic nitrogens is 2. The summed E-state index contributed by atoms with van der Waals surface area (Å²) in [6.07, 6.45) is 0. The molecule has 0 unspecified atom stereocenters. The quantitative estimate of drug-likeness (QED) is 0.107. The molecular formula is C60H42N2Si. The fraction of sp³-hybridized carbons (Fsp3) is 0. The molecule has 2 aromatic heterocycles. The van der Waals surface area contributed by atoms with Crippen LogP contribution in [0, 0.1) is 0 Å². The molecular weight excluding hydrogens is 777 g/mol. The Balaban J connectivity index is 1.10. The highest BCUT2D eigenvalue weighted by molar-refractivity contribution is 7.20. The van der Waals surface area contributed by atoms with Gasteiger partial charge in [-0.25, -0.2) is 0 Å². The van der Waals surface area contributed by atoms with Crippen LogP contribution in [0.3, 0.4) is 0 Å². The minimum atomic E-state index is -2.81. The van der Waals surface area contributed by atoms with Crippen LogP contribution < -0.4 is 20.7 Å². The molecule has 0 spiro atoms. The third kappa shape index (κ3) is 5.93. The molecule has 0 radical (unpaired) electrons. The minimum Gasteiger partial charge on any atom is -0.307 e. The van der Waals surface area contributed by atoms with Crippen LogP contribution in [-0.4, -0.2) is 17.2 Å². The molecule has 0 atom stereocenters. The van der Waals surface area contributed by atoms with Crippen molar-refractivity contribution in [1.29, 1.82) is 0 Å². The maximum atomic E-state index is 2.54. The summed E-state index contributed by atoms with van der Waals surface area (Å²) in [6, 6.07) is 94.2. The van der Waals surface area contributed by atoms with Gasteiger partial charge in [0.15, 0.2) is 8.07 Å². The van der Waals surface area contributed by atoms with Crippen molar-refractivity contribution in [2.24, 2.45) is 0 Å². The van der Waals surface area contributed by atoms with Crippen LogP contribution in [0.25, 0.3) is 77.2 Å². The molecule has 3 heteroatoms. The van der Waals surface area contributed by atoms with E-state index in [9.17, 15) is 0 Å². The Bertz CT molecular complexity index is 3480. The molecule has 296 valence electrons. The van der Waals surface area contributed by atoms with E-state index in [0.717, 1.165) is 11.4 Å². The zero-order valence-electron chi connectivity index (χ0n) is 34.6. The molecule has 0 saturated heterocycles. The van der Waals surface area contributed by atoms with Gasteiger partial charge >= 0.3 is 0 Å². The molecule has 0 aliphatic heterocycles. The van der Waals surface area contributed by atoms with E-state index in [-0.39, 0.29) is 0 Å². The first-order valence-corrected chi connectivity index (χ1v) is 23.8. The van der Waals surface area contributed by atoms with Crippen LogP contribution in [0.5, 0.6) is 0 Å². The average Bonchev–Trinajstić information content (AvgIpc) is 3.89. The molecule has 0 N–H and O–H groups in total. The highest BCUT2D eigenvalue weighted by Crippen LogP contribution is 2.40. The van der Waals surface area contributed by atoms with Gasteiger partial charge in [-0.1, -0.05) is 218 Å². The highest BCUT2D eigenvalue weighted by atomic mass is 28.3. The van der Waals surface area contributed by atoms with Crippen molar-refractivity contribution in [3.8, 4) is 33.6 Å². The monoisotopic (exact) mass is 818 g/mol. The molecule has 0 fully saturated rings. The zero-order valence-corrected chi connectivity index (χ0v) is 35.6. The molecule has 12 rings (SSSR count). The second-order valence-corrected chi connectivity index (χ2v) is 20.3. The van der Waals surface area contributed by atoms with Gasteiger partial charge in [0.05, 0.1) is 27.8 Å². The highest BCUT2D eigenvalue weighted by Gasteiger charge is 2.41. The molecule has 0 aliphatic carbocycles. The number of hydrogen-bond acceptors (Lipinski definition) is 0. The molecule has 2 nitrogen and oxygen atoms in total. The lowest BCUT2D eigenvalue weighted by Crippen LogP contribution is -2.74. The minimum absolute atomic E-state index is 1.13. The maximum Gasteiger partial charge on any atom is 0.179 e. The first-order chi connectivity index (χ1) is 31.3. The first-order valence-electron chi connectivity index (χ1n) is 21.8. The van der Waals surface area contributed by atoms with Crippen molar-refractivity contribution < 1.29 is 0 Å². The molecule has 0 aliphatic rings. The topological polar surface area (TPSA) is 9.86 Å². The lowest BCUT2D eigenvalue weighted by atomic mass is 10.0. The van der Waals surface area contributed by atoms with E-state index < -0.39 is 8.07 Å². The van der Waals surface area contributed by atoms with Crippen molar-refractivity contribution in [2.75, 3.05) is 0 Å². The van der Waals surface area contributed by atoms with E-state index in [4.69, 9.17) is 0 Å². The maximum absolute atomic E-state index is 2.81. The lowest BCUT2D eigenvalue weighted by Gasteiger charge is -2.34. The van der Waals surface area contributed by atoms with E-state index in [2.05, 4.69) is 264 Å². The van der Waals surface area contributed by atoms with Gasteiger partial charge in [-0.2, -0.15) is 0 Å². The number of para-hydroxylation sites is 3. The third-order valence-electron chi connectivity index (χ3n) is 13.1. The summed E-state index contributed by atoms with van der Waals surface area (Å²) < 4.78 is 5.01. The normalized spacial score (nSPS) is 11.8. The average molecular weight is 819 g/mol. The number of hydrogen-bond donors (Lipinski definition) is 0. The standard InChI is InChI=1S/C60H42N2Si/c1-5-18-43(19-6-1)44-32-34-45(35-33-44)46-36-38-47(39-37-46)61-56-29-15-14-27-53(56)55-28-17-31-58(60(55)61)62-57-30-16-13-26-52(57)54-41-40-51(42-59(54)62)63(48-20-7-2-8-21-48,49-22-9-3-10-23-49)50-24-11-4-12-25-50/h1-42H. The number of benzene rings is 10. The van der Waals surface area contributed by atoms with Crippen LogP contribution in [-0.2, 0) is 0 Å². The summed E-state index contributed by atoms with van der Waals surface area (Å²) in [5.41, 5.74) is 11.9. The molecule has 0 bridgehead atoms. The largest absolute Gasteiger partial charge is 0.307 e. The van der Waals surface area contributed by atoms with Crippen molar-refractivity contribution in [1.82, 2.24) is 9.13 Å². The molecule has 63 heavy (non-hydrogen) atoms. The van der Waals surface area contributed by atoms with Gasteiger partial charge in [-0.05, 0) is 79.4 Å². The second-order valence-electron chi connectivity index (χ2n) is 16.4. The predicted molar refractivity (Wildman–Crippen MR) is 270 cm³/mol. The Hall–Kier alpha value is -7.98. The summed E-state index contributed by atoms with van der Waals surface area (Å²) in [4.78, 5) is 0. The van der Waals surface area contributed by atoms with Crippen LogP contribution >= 0.6 is 0 Å².